The van der Waals surface area contributed by atoms with Crippen molar-refractivity contribution in [2.45, 2.75) is 57.8 Å². The molecule has 1 aliphatic carbocycles. The minimum atomic E-state index is 0.105. The molecule has 1 unspecified atom stereocenters. The van der Waals surface area contributed by atoms with Crippen LogP contribution in [-0.2, 0) is 4.74 Å². The Bertz CT molecular complexity index is 404. The van der Waals surface area contributed by atoms with E-state index in [0.717, 1.165) is 12.3 Å². The predicted octanol–water partition coefficient (Wildman–Crippen LogP) is 3.69. The molecule has 0 saturated heterocycles. The number of nitrogens with one attached hydrogen (secondary N) is 1. The van der Waals surface area contributed by atoms with E-state index in [-0.39, 0.29) is 11.6 Å². The van der Waals surface area contributed by atoms with E-state index in [4.69, 9.17) is 9.47 Å². The third-order valence-corrected chi connectivity index (χ3v) is 3.71. The van der Waals surface area contributed by atoms with Crippen molar-refractivity contribution in [2.75, 3.05) is 13.7 Å². The smallest absolute Gasteiger partial charge is 0.118 e. The lowest BCUT2D eigenvalue weighted by Gasteiger charge is -2.33. The maximum absolute atomic E-state index is 6.24. The van der Waals surface area contributed by atoms with Gasteiger partial charge in [0.1, 0.15) is 5.75 Å². The third-order valence-electron chi connectivity index (χ3n) is 3.71. The van der Waals surface area contributed by atoms with Crippen molar-refractivity contribution >= 4 is 0 Å². The normalized spacial score (nSPS) is 17.6. The molecule has 1 aliphatic rings. The highest BCUT2D eigenvalue weighted by atomic mass is 16.5. The molecule has 1 fully saturated rings. The van der Waals surface area contributed by atoms with Crippen molar-refractivity contribution < 1.29 is 9.47 Å². The van der Waals surface area contributed by atoms with Crippen LogP contribution in [0.3, 0.4) is 0 Å². The second-order valence-corrected chi connectivity index (χ2v) is 6.58. The molecule has 0 amide bonds. The highest BCUT2D eigenvalue weighted by molar-refractivity contribution is 5.28. The summed E-state index contributed by atoms with van der Waals surface area (Å²) in [4.78, 5) is 0. The highest BCUT2D eigenvalue weighted by Gasteiger charge is 2.24. The molecule has 1 aromatic carbocycles. The number of rotatable bonds is 6. The number of hydrogen-bond acceptors (Lipinski definition) is 3. The van der Waals surface area contributed by atoms with E-state index in [0.29, 0.717) is 6.10 Å². The molecular weight excluding hydrogens is 250 g/mol. The topological polar surface area (TPSA) is 30.5 Å². The summed E-state index contributed by atoms with van der Waals surface area (Å²) in [5, 5.41) is 3.55. The van der Waals surface area contributed by atoms with Crippen molar-refractivity contribution in [3.05, 3.63) is 29.8 Å². The molecular formula is C17H27NO2. The predicted molar refractivity (Wildman–Crippen MR) is 82.2 cm³/mol. The Labute approximate surface area is 122 Å². The van der Waals surface area contributed by atoms with Gasteiger partial charge in [-0.1, -0.05) is 12.1 Å². The van der Waals surface area contributed by atoms with Gasteiger partial charge in [0.2, 0.25) is 0 Å². The monoisotopic (exact) mass is 277 g/mol. The zero-order valence-electron chi connectivity index (χ0n) is 13.1. The van der Waals surface area contributed by atoms with E-state index in [1.54, 1.807) is 7.11 Å². The molecule has 112 valence electrons. The molecule has 1 aromatic rings. The average Bonchev–Trinajstić information content (AvgIpc) is 2.36. The second-order valence-electron chi connectivity index (χ2n) is 6.58. The molecule has 0 spiro atoms. The Morgan fingerprint density at radius 3 is 2.30 bits per heavy atom. The summed E-state index contributed by atoms with van der Waals surface area (Å²) in [5.41, 5.74) is 1.32. The average molecular weight is 277 g/mol. The minimum Gasteiger partial charge on any atom is -0.497 e. The second kappa shape index (κ2) is 6.59. The Hall–Kier alpha value is -1.06. The van der Waals surface area contributed by atoms with Gasteiger partial charge in [-0.05, 0) is 57.7 Å². The Morgan fingerprint density at radius 1 is 1.20 bits per heavy atom. The minimum absolute atomic E-state index is 0.105. The van der Waals surface area contributed by atoms with Gasteiger partial charge >= 0.3 is 0 Å². The Kier molecular flexibility index (Phi) is 5.06. The van der Waals surface area contributed by atoms with Crippen LogP contribution in [0.2, 0.25) is 0 Å². The molecule has 0 aliphatic heterocycles. The lowest BCUT2D eigenvalue weighted by atomic mass is 9.95. The molecule has 3 heteroatoms. The van der Waals surface area contributed by atoms with Crippen LogP contribution in [0.1, 0.15) is 51.7 Å². The van der Waals surface area contributed by atoms with E-state index in [1.807, 2.05) is 12.1 Å². The first kappa shape index (κ1) is 15.3. The summed E-state index contributed by atoms with van der Waals surface area (Å²) in [7, 11) is 1.69. The quantitative estimate of drug-likeness (QED) is 0.860. The van der Waals surface area contributed by atoms with Gasteiger partial charge in [0.15, 0.2) is 0 Å². The maximum atomic E-state index is 6.24. The van der Waals surface area contributed by atoms with Crippen molar-refractivity contribution in [2.24, 2.45) is 0 Å². The highest BCUT2D eigenvalue weighted by Crippen LogP contribution is 2.29. The van der Waals surface area contributed by atoms with Gasteiger partial charge in [0.25, 0.3) is 0 Å². The van der Waals surface area contributed by atoms with Gasteiger partial charge in [-0.2, -0.15) is 0 Å². The fourth-order valence-electron chi connectivity index (χ4n) is 2.20. The summed E-state index contributed by atoms with van der Waals surface area (Å²) in [6, 6.07) is 8.21. The molecule has 0 radical (unpaired) electrons. The van der Waals surface area contributed by atoms with E-state index in [9.17, 15) is 0 Å². The van der Waals surface area contributed by atoms with E-state index < -0.39 is 0 Å². The molecule has 2 rings (SSSR count). The molecule has 0 bridgehead atoms. The molecule has 1 saturated carbocycles. The van der Waals surface area contributed by atoms with E-state index >= 15 is 0 Å². The molecule has 0 aromatic heterocycles. The van der Waals surface area contributed by atoms with Crippen molar-refractivity contribution in [1.29, 1.82) is 0 Å². The van der Waals surface area contributed by atoms with Gasteiger partial charge in [-0.3, -0.25) is 0 Å². The lowest BCUT2D eigenvalue weighted by Crippen LogP contribution is -2.40. The number of hydrogen-bond donors (Lipinski definition) is 1. The van der Waals surface area contributed by atoms with Gasteiger partial charge in [0.05, 0.1) is 19.3 Å². The summed E-state index contributed by atoms with van der Waals surface area (Å²) in [6.45, 7) is 7.39. The van der Waals surface area contributed by atoms with Crippen molar-refractivity contribution in [1.82, 2.24) is 5.32 Å². The molecule has 0 heterocycles. The van der Waals surface area contributed by atoms with E-state index in [2.05, 4.69) is 38.2 Å². The van der Waals surface area contributed by atoms with Crippen LogP contribution >= 0.6 is 0 Å². The fraction of sp³-hybridized carbons (Fsp3) is 0.647. The summed E-state index contributed by atoms with van der Waals surface area (Å²) >= 11 is 0. The first-order chi connectivity index (χ1) is 9.48. The van der Waals surface area contributed by atoms with Crippen LogP contribution in [0.5, 0.6) is 5.75 Å². The molecule has 1 N–H and O–H groups in total. The SMILES string of the molecule is COc1ccc(C(CNC(C)(C)C)OC2CCC2)cc1. The lowest BCUT2D eigenvalue weighted by molar-refractivity contribution is -0.0538. The Balaban J connectivity index is 2.02. The van der Waals surface area contributed by atoms with Crippen LogP contribution in [0.15, 0.2) is 24.3 Å². The van der Waals surface area contributed by atoms with Crippen molar-refractivity contribution in [3.63, 3.8) is 0 Å². The van der Waals surface area contributed by atoms with Crippen LogP contribution in [-0.4, -0.2) is 25.3 Å². The molecule has 3 nitrogen and oxygen atoms in total. The van der Waals surface area contributed by atoms with Gasteiger partial charge in [0, 0.05) is 12.1 Å². The standard InChI is InChI=1S/C17H27NO2/c1-17(2,3)18-12-16(20-15-6-5-7-15)13-8-10-14(19-4)11-9-13/h8-11,15-16,18H,5-7,12H2,1-4H3. The van der Waals surface area contributed by atoms with Gasteiger partial charge in [-0.15, -0.1) is 0 Å². The number of ether oxygens (including phenoxy) is 2. The Morgan fingerprint density at radius 2 is 1.85 bits per heavy atom. The maximum Gasteiger partial charge on any atom is 0.118 e. The molecule has 20 heavy (non-hydrogen) atoms. The first-order valence-corrected chi connectivity index (χ1v) is 7.52. The zero-order valence-corrected chi connectivity index (χ0v) is 13.1. The third kappa shape index (κ3) is 4.50. The van der Waals surface area contributed by atoms with Crippen LogP contribution in [0.4, 0.5) is 0 Å². The summed E-state index contributed by atoms with van der Waals surface area (Å²) in [6.07, 6.45) is 4.24. The zero-order chi connectivity index (χ0) is 14.6. The first-order valence-electron chi connectivity index (χ1n) is 7.52. The summed E-state index contributed by atoms with van der Waals surface area (Å²) in [5.74, 6) is 0.889. The van der Waals surface area contributed by atoms with Crippen molar-refractivity contribution in [3.8, 4) is 5.75 Å². The number of benzene rings is 1. The fourth-order valence-corrected chi connectivity index (χ4v) is 2.20. The van der Waals surface area contributed by atoms with Gasteiger partial charge in [-0.25, -0.2) is 0 Å². The van der Waals surface area contributed by atoms with E-state index in [1.165, 1.54) is 24.8 Å². The molecule has 1 atom stereocenters. The van der Waals surface area contributed by atoms with Gasteiger partial charge < -0.3 is 14.8 Å². The van der Waals surface area contributed by atoms with Crippen LogP contribution in [0, 0.1) is 0 Å². The van der Waals surface area contributed by atoms with Crippen LogP contribution < -0.4 is 10.1 Å². The summed E-state index contributed by atoms with van der Waals surface area (Å²) < 4.78 is 11.5. The number of methoxy groups -OCH3 is 1. The van der Waals surface area contributed by atoms with Crippen LogP contribution in [0.25, 0.3) is 0 Å². The largest absolute Gasteiger partial charge is 0.497 e.